The van der Waals surface area contributed by atoms with E-state index in [4.69, 9.17) is 29.7 Å². The molecule has 1 aliphatic heterocycles. The van der Waals surface area contributed by atoms with E-state index in [0.717, 1.165) is 4.57 Å². The summed E-state index contributed by atoms with van der Waals surface area (Å²) >= 11 is 1.47. The number of thioether (sulfide) groups is 1. The molecule has 2 heterocycles. The van der Waals surface area contributed by atoms with Crippen LogP contribution in [0.15, 0.2) is 15.8 Å². The number of amides is 4. The van der Waals surface area contributed by atoms with Gasteiger partial charge < -0.3 is 51.0 Å². The van der Waals surface area contributed by atoms with Crippen LogP contribution in [0.2, 0.25) is 0 Å². The molecule has 1 aliphatic rings. The summed E-state index contributed by atoms with van der Waals surface area (Å²) in [4.78, 5) is 107. The number of ether oxygens (including phenoxy) is 3. The lowest BCUT2D eigenvalue weighted by molar-refractivity contribution is -0.145. The van der Waals surface area contributed by atoms with E-state index in [1.807, 2.05) is 6.26 Å². The molecule has 53 heavy (non-hydrogen) atoms. The molecule has 2 rings (SSSR count). The number of aromatic nitrogens is 2. The van der Waals surface area contributed by atoms with E-state index in [0.29, 0.717) is 38.0 Å². The maximum atomic E-state index is 13.4. The van der Waals surface area contributed by atoms with Gasteiger partial charge in [0.05, 0.1) is 13.7 Å². The lowest BCUT2D eigenvalue weighted by atomic mass is 10.1. The second kappa shape index (κ2) is 23.1. The number of phosphoric ester groups is 1. The van der Waals surface area contributed by atoms with Gasteiger partial charge in [0.25, 0.3) is 5.56 Å². The third kappa shape index (κ3) is 16.0. The summed E-state index contributed by atoms with van der Waals surface area (Å²) in [6, 6.07) is -3.02. The Morgan fingerprint density at radius 3 is 2.40 bits per heavy atom. The predicted octanol–water partition coefficient (Wildman–Crippen LogP) is -1.35. The van der Waals surface area contributed by atoms with Crippen molar-refractivity contribution in [3.8, 4) is 0 Å². The molecule has 4 amide bonds. The molecule has 1 saturated heterocycles. The van der Waals surface area contributed by atoms with Gasteiger partial charge in [0.1, 0.15) is 36.6 Å². The van der Waals surface area contributed by atoms with Gasteiger partial charge in [0.15, 0.2) is 0 Å². The number of nitrogens with two attached hydrogens (primary N) is 1. The molecular formula is C30H50N7O14PS. The number of aromatic amines is 1. The fourth-order valence-electron chi connectivity index (χ4n) is 5.26. The molecule has 9 N–H and O–H groups in total. The largest absolute Gasteiger partial charge is 0.469 e. The molecule has 1 aromatic rings. The standard InChI is InChI=1S/C30H50N7O14PS/c1-18-15-37(29(43)36-25(18)39)24-14-22(23(50-24)16-49-52(45,46)47)51-30(44)32-12-7-5-8-20(34-26(40)19(33-17-38)10-13-53-3)27(41)35-21(28(42)48-2)9-4-6-11-31/h15,17,19-24H,4-14,16,31H2,1-3H3,(H,32,44)(H,33,38)(H,34,40)(H,35,41)(H,36,39,43)(H2,45,46,47)/t19-,20-,21-,22-,23+,24+/m0/s1. The van der Waals surface area contributed by atoms with E-state index >= 15 is 0 Å². The number of H-pyrrole nitrogens is 1. The zero-order chi connectivity index (χ0) is 39.6. The monoisotopic (exact) mass is 795 g/mol. The van der Waals surface area contributed by atoms with Crippen LogP contribution < -0.4 is 38.2 Å². The van der Waals surface area contributed by atoms with E-state index in [-0.39, 0.29) is 44.2 Å². The van der Waals surface area contributed by atoms with Crippen molar-refractivity contribution in [3.05, 3.63) is 32.6 Å². The van der Waals surface area contributed by atoms with E-state index in [1.165, 1.54) is 32.0 Å². The number of aryl methyl sites for hydroxylation is 1. The van der Waals surface area contributed by atoms with Crippen LogP contribution in [-0.2, 0) is 42.5 Å². The first kappa shape index (κ1) is 45.4. The number of phosphoric acid groups is 1. The van der Waals surface area contributed by atoms with Gasteiger partial charge in [-0.05, 0) is 70.4 Å². The Morgan fingerprint density at radius 1 is 1.09 bits per heavy atom. The lowest BCUT2D eigenvalue weighted by Gasteiger charge is -2.24. The number of carbonyl (C=O) groups excluding carboxylic acids is 5. The van der Waals surface area contributed by atoms with Gasteiger partial charge in [-0.3, -0.25) is 33.3 Å². The average molecular weight is 796 g/mol. The normalized spacial score (nSPS) is 18.6. The van der Waals surface area contributed by atoms with Gasteiger partial charge in [0, 0.05) is 24.7 Å². The number of methoxy groups -OCH3 is 1. The van der Waals surface area contributed by atoms with E-state index < -0.39 is 86.1 Å². The summed E-state index contributed by atoms with van der Waals surface area (Å²) in [6.07, 6.45) is 1.38. The van der Waals surface area contributed by atoms with Gasteiger partial charge in [-0.1, -0.05) is 0 Å². The number of alkyl carbamates (subject to hydrolysis) is 1. The Labute approximate surface area is 309 Å². The van der Waals surface area contributed by atoms with E-state index in [2.05, 4.69) is 30.8 Å². The number of nitrogens with one attached hydrogen (secondary N) is 5. The third-order valence-corrected chi connectivity index (χ3v) is 9.20. The van der Waals surface area contributed by atoms with Crippen molar-refractivity contribution in [2.24, 2.45) is 5.73 Å². The van der Waals surface area contributed by atoms with Crippen molar-refractivity contribution in [2.45, 2.75) is 94.9 Å². The second-order valence-corrected chi connectivity index (χ2v) is 14.3. The Kier molecular flexibility index (Phi) is 19.8. The van der Waals surface area contributed by atoms with Crippen LogP contribution in [0.25, 0.3) is 0 Å². The number of nitrogens with zero attached hydrogens (tertiary/aromatic N) is 1. The molecule has 1 fully saturated rings. The zero-order valence-electron chi connectivity index (χ0n) is 29.8. The number of hydrogen-bond donors (Lipinski definition) is 8. The smallest absolute Gasteiger partial charge is 0.467 e. The van der Waals surface area contributed by atoms with Crippen LogP contribution in [0, 0.1) is 6.92 Å². The molecule has 0 unspecified atom stereocenters. The van der Waals surface area contributed by atoms with E-state index in [9.17, 15) is 38.1 Å². The van der Waals surface area contributed by atoms with Crippen molar-refractivity contribution in [3.63, 3.8) is 0 Å². The Hall–Kier alpha value is -3.79. The van der Waals surface area contributed by atoms with Gasteiger partial charge in [-0.15, -0.1) is 0 Å². The van der Waals surface area contributed by atoms with Crippen molar-refractivity contribution in [2.75, 3.05) is 38.8 Å². The zero-order valence-corrected chi connectivity index (χ0v) is 31.5. The summed E-state index contributed by atoms with van der Waals surface area (Å²) in [5.74, 6) is -1.36. The Morgan fingerprint density at radius 2 is 1.75 bits per heavy atom. The second-order valence-electron chi connectivity index (χ2n) is 12.0. The fourth-order valence-corrected chi connectivity index (χ4v) is 6.08. The summed E-state index contributed by atoms with van der Waals surface area (Å²) in [6.45, 7) is 1.20. The molecule has 0 aromatic carbocycles. The summed E-state index contributed by atoms with van der Waals surface area (Å²) in [5.41, 5.74) is 4.32. The molecule has 6 atom stereocenters. The molecule has 0 spiro atoms. The first-order valence-electron chi connectivity index (χ1n) is 16.8. The molecule has 0 radical (unpaired) electrons. The van der Waals surface area contributed by atoms with Crippen LogP contribution in [0.3, 0.4) is 0 Å². The molecule has 23 heteroatoms. The molecule has 21 nitrogen and oxygen atoms in total. The van der Waals surface area contributed by atoms with Gasteiger partial charge >= 0.3 is 25.6 Å². The first-order valence-corrected chi connectivity index (χ1v) is 19.8. The summed E-state index contributed by atoms with van der Waals surface area (Å²) in [7, 11) is -3.75. The van der Waals surface area contributed by atoms with E-state index in [1.54, 1.807) is 0 Å². The van der Waals surface area contributed by atoms with Crippen LogP contribution in [0.1, 0.15) is 63.2 Å². The summed E-state index contributed by atoms with van der Waals surface area (Å²) in [5, 5.41) is 10.3. The molecule has 0 bridgehead atoms. The number of rotatable bonds is 24. The molecule has 0 aliphatic carbocycles. The average Bonchev–Trinajstić information content (AvgIpc) is 3.50. The molecular weight excluding hydrogens is 745 g/mol. The van der Waals surface area contributed by atoms with Crippen molar-refractivity contribution in [1.29, 1.82) is 0 Å². The minimum absolute atomic E-state index is 0.0350. The Balaban J connectivity index is 2.06. The maximum absolute atomic E-state index is 13.4. The van der Waals surface area contributed by atoms with Gasteiger partial charge in [-0.25, -0.2) is 18.9 Å². The van der Waals surface area contributed by atoms with Crippen molar-refractivity contribution >= 4 is 49.9 Å². The van der Waals surface area contributed by atoms with Crippen LogP contribution in [0.4, 0.5) is 4.79 Å². The van der Waals surface area contributed by atoms with Crippen LogP contribution in [0.5, 0.6) is 0 Å². The fraction of sp³-hybridized carbons (Fsp3) is 0.700. The highest BCUT2D eigenvalue weighted by molar-refractivity contribution is 7.98. The number of esters is 1. The molecule has 300 valence electrons. The Bertz CT molecular complexity index is 1540. The highest BCUT2D eigenvalue weighted by atomic mass is 32.2. The van der Waals surface area contributed by atoms with Gasteiger partial charge in [0.2, 0.25) is 18.2 Å². The highest BCUT2D eigenvalue weighted by Gasteiger charge is 2.41. The maximum Gasteiger partial charge on any atom is 0.469 e. The predicted molar refractivity (Wildman–Crippen MR) is 189 cm³/mol. The number of carbonyl (C=O) groups is 5. The quantitative estimate of drug-likeness (QED) is 0.0259. The van der Waals surface area contributed by atoms with Gasteiger partial charge in [-0.2, -0.15) is 11.8 Å². The first-order chi connectivity index (χ1) is 25.1. The number of hydrogen-bond acceptors (Lipinski definition) is 14. The molecule has 0 saturated carbocycles. The van der Waals surface area contributed by atoms with Crippen molar-refractivity contribution in [1.82, 2.24) is 30.8 Å². The SMILES string of the molecule is COC(=O)[C@H](CCCCN)NC(=O)[C@H](CCCCNC(=O)O[C@H]1C[C@H](n2cc(C)c(=O)[nH]c2=O)O[C@@H]1COP(=O)(O)O)NC(=O)[C@H](CCSC)NC=O. The minimum Gasteiger partial charge on any atom is -0.467 e. The number of unbranched alkanes of at least 4 members (excludes halogenated alkanes) is 2. The lowest BCUT2D eigenvalue weighted by Crippen LogP contribution is -2.55. The third-order valence-electron chi connectivity index (χ3n) is 8.07. The topological polar surface area (TPSA) is 309 Å². The van der Waals surface area contributed by atoms with Crippen LogP contribution >= 0.6 is 19.6 Å². The highest BCUT2D eigenvalue weighted by Crippen LogP contribution is 2.38. The summed E-state index contributed by atoms with van der Waals surface area (Å²) < 4.78 is 32.9. The minimum atomic E-state index is -4.93. The van der Waals surface area contributed by atoms with Crippen LogP contribution in [-0.4, -0.2) is 119 Å². The van der Waals surface area contributed by atoms with Crippen molar-refractivity contribution < 1.29 is 57.1 Å². The molecule has 1 aromatic heterocycles.